The van der Waals surface area contributed by atoms with E-state index in [1.165, 1.54) is 12.8 Å². The number of rotatable bonds is 5. The summed E-state index contributed by atoms with van der Waals surface area (Å²) >= 11 is 0. The van der Waals surface area contributed by atoms with Crippen molar-refractivity contribution in [3.05, 3.63) is 29.8 Å². The summed E-state index contributed by atoms with van der Waals surface area (Å²) < 4.78 is 10.5. The Morgan fingerprint density at radius 3 is 2.40 bits per heavy atom. The van der Waals surface area contributed by atoms with Crippen LogP contribution in [0.2, 0.25) is 0 Å². The number of nitrogens with zero attached hydrogens (tertiary/aromatic N) is 1. The largest absolute Gasteiger partial charge is 0.497 e. The zero-order valence-corrected chi connectivity index (χ0v) is 12.8. The van der Waals surface area contributed by atoms with Crippen molar-refractivity contribution in [2.75, 3.05) is 26.7 Å². The van der Waals surface area contributed by atoms with Gasteiger partial charge in [0, 0.05) is 6.54 Å². The molecule has 20 heavy (non-hydrogen) atoms. The van der Waals surface area contributed by atoms with E-state index in [0.717, 1.165) is 25.4 Å². The van der Waals surface area contributed by atoms with Crippen molar-refractivity contribution in [1.29, 1.82) is 0 Å². The van der Waals surface area contributed by atoms with Crippen molar-refractivity contribution in [2.24, 2.45) is 0 Å². The molecule has 0 bridgehead atoms. The normalized spacial score (nSPS) is 16.3. The van der Waals surface area contributed by atoms with E-state index in [4.69, 9.17) is 9.47 Å². The van der Waals surface area contributed by atoms with Gasteiger partial charge >= 0.3 is 5.97 Å². The highest BCUT2D eigenvalue weighted by Crippen LogP contribution is 2.14. The highest BCUT2D eigenvalue weighted by atomic mass is 35.5. The topological polar surface area (TPSA) is 38.8 Å². The second-order valence-corrected chi connectivity index (χ2v) is 4.95. The Labute approximate surface area is 126 Å². The highest BCUT2D eigenvalue weighted by Gasteiger charge is 2.18. The average Bonchev–Trinajstić information content (AvgIpc) is 2.91. The molecule has 1 aliphatic heterocycles. The van der Waals surface area contributed by atoms with Crippen LogP contribution in [0, 0.1) is 0 Å². The summed E-state index contributed by atoms with van der Waals surface area (Å²) in [6, 6.07) is 6.98. The lowest BCUT2D eigenvalue weighted by atomic mass is 10.2. The van der Waals surface area contributed by atoms with Crippen molar-refractivity contribution < 1.29 is 14.3 Å². The smallest absolute Gasteiger partial charge is 0.338 e. The lowest BCUT2D eigenvalue weighted by Gasteiger charge is -2.20. The molecule has 1 aromatic rings. The van der Waals surface area contributed by atoms with E-state index in [-0.39, 0.29) is 24.5 Å². The Balaban J connectivity index is 0.00000200. The third kappa shape index (κ3) is 4.69. The first kappa shape index (κ1) is 16.8. The zero-order valence-electron chi connectivity index (χ0n) is 12.0. The minimum Gasteiger partial charge on any atom is -0.497 e. The van der Waals surface area contributed by atoms with Gasteiger partial charge < -0.3 is 9.47 Å². The number of carbonyl (C=O) groups is 1. The van der Waals surface area contributed by atoms with Crippen molar-refractivity contribution in [1.82, 2.24) is 4.90 Å². The summed E-state index contributed by atoms with van der Waals surface area (Å²) in [6.45, 7) is 5.00. The van der Waals surface area contributed by atoms with Crippen LogP contribution in [0.15, 0.2) is 24.3 Å². The van der Waals surface area contributed by atoms with Gasteiger partial charge in [-0.15, -0.1) is 12.4 Å². The summed E-state index contributed by atoms with van der Waals surface area (Å²) in [4.78, 5) is 14.3. The molecule has 0 radical (unpaired) electrons. The van der Waals surface area contributed by atoms with Crippen molar-refractivity contribution in [2.45, 2.75) is 25.9 Å². The van der Waals surface area contributed by atoms with Crippen molar-refractivity contribution >= 4 is 18.4 Å². The molecule has 0 aliphatic carbocycles. The third-order valence-electron chi connectivity index (χ3n) is 3.35. The molecule has 1 atom stereocenters. The van der Waals surface area contributed by atoms with Crippen LogP contribution in [0.5, 0.6) is 5.75 Å². The molecule has 0 saturated carbocycles. The van der Waals surface area contributed by atoms with E-state index in [1.807, 2.05) is 6.92 Å². The first-order chi connectivity index (χ1) is 9.19. The van der Waals surface area contributed by atoms with Gasteiger partial charge in [-0.05, 0) is 57.1 Å². The number of esters is 1. The molecule has 112 valence electrons. The predicted molar refractivity (Wildman–Crippen MR) is 80.8 cm³/mol. The van der Waals surface area contributed by atoms with Crippen LogP contribution in [0.4, 0.5) is 0 Å². The molecule has 4 nitrogen and oxygen atoms in total. The number of hydrogen-bond donors (Lipinski definition) is 0. The summed E-state index contributed by atoms with van der Waals surface area (Å²) in [5.41, 5.74) is 0.564. The van der Waals surface area contributed by atoms with Gasteiger partial charge in [0.15, 0.2) is 0 Å². The van der Waals surface area contributed by atoms with Gasteiger partial charge in [-0.3, -0.25) is 4.90 Å². The summed E-state index contributed by atoms with van der Waals surface area (Å²) in [7, 11) is 1.60. The van der Waals surface area contributed by atoms with Gasteiger partial charge in [0.05, 0.1) is 12.7 Å². The van der Waals surface area contributed by atoms with Crippen molar-refractivity contribution in [3.8, 4) is 5.75 Å². The predicted octanol–water partition coefficient (Wildman–Crippen LogP) is 2.76. The molecule has 0 N–H and O–H groups in total. The fourth-order valence-corrected chi connectivity index (χ4v) is 2.34. The Hall–Kier alpha value is -1.26. The van der Waals surface area contributed by atoms with E-state index in [9.17, 15) is 4.79 Å². The molecule has 1 aromatic carbocycles. The minimum atomic E-state index is -0.269. The van der Waals surface area contributed by atoms with E-state index in [0.29, 0.717) is 5.56 Å². The van der Waals surface area contributed by atoms with Gasteiger partial charge in [-0.1, -0.05) is 0 Å². The van der Waals surface area contributed by atoms with E-state index in [1.54, 1.807) is 31.4 Å². The maximum atomic E-state index is 11.9. The Bertz CT molecular complexity index is 416. The second kappa shape index (κ2) is 8.12. The monoisotopic (exact) mass is 299 g/mol. The van der Waals surface area contributed by atoms with Crippen LogP contribution >= 0.6 is 12.4 Å². The summed E-state index contributed by atoms with van der Waals surface area (Å²) in [5.74, 6) is 0.469. The molecule has 1 heterocycles. The minimum absolute atomic E-state index is 0. The fraction of sp³-hybridized carbons (Fsp3) is 0.533. The van der Waals surface area contributed by atoms with Crippen LogP contribution in [0.25, 0.3) is 0 Å². The number of hydrogen-bond acceptors (Lipinski definition) is 4. The number of likely N-dealkylation sites (tertiary alicyclic amines) is 1. The molecular weight excluding hydrogens is 278 g/mol. The molecule has 1 saturated heterocycles. The standard InChI is InChI=1S/C15H21NO3.ClH/c1-12(11-16-9-3-4-10-16)19-15(17)13-5-7-14(18-2)8-6-13;/h5-8,12H,3-4,9-11H2,1-2H3;1H. The van der Waals surface area contributed by atoms with Crippen LogP contribution in [0.3, 0.4) is 0 Å². The summed E-state index contributed by atoms with van der Waals surface area (Å²) in [6.07, 6.45) is 2.42. The number of benzene rings is 1. The molecule has 0 aromatic heterocycles. The number of halogens is 1. The van der Waals surface area contributed by atoms with E-state index in [2.05, 4.69) is 4.90 Å². The molecular formula is C15H22ClNO3. The van der Waals surface area contributed by atoms with Crippen LogP contribution < -0.4 is 4.74 Å². The molecule has 1 fully saturated rings. The maximum Gasteiger partial charge on any atom is 0.338 e. The molecule has 0 amide bonds. The van der Waals surface area contributed by atoms with E-state index < -0.39 is 0 Å². The highest BCUT2D eigenvalue weighted by molar-refractivity contribution is 5.89. The lowest BCUT2D eigenvalue weighted by molar-refractivity contribution is 0.0271. The maximum absolute atomic E-state index is 11.9. The van der Waals surface area contributed by atoms with Gasteiger partial charge in [0.25, 0.3) is 0 Å². The first-order valence-corrected chi connectivity index (χ1v) is 6.76. The molecule has 0 spiro atoms. The van der Waals surface area contributed by atoms with Crippen LogP contribution in [-0.2, 0) is 4.74 Å². The number of ether oxygens (including phenoxy) is 2. The van der Waals surface area contributed by atoms with Gasteiger partial charge in [0.2, 0.25) is 0 Å². The van der Waals surface area contributed by atoms with Gasteiger partial charge in [-0.2, -0.15) is 0 Å². The second-order valence-electron chi connectivity index (χ2n) is 4.95. The van der Waals surface area contributed by atoms with Crippen LogP contribution in [-0.4, -0.2) is 43.7 Å². The van der Waals surface area contributed by atoms with Crippen LogP contribution in [0.1, 0.15) is 30.1 Å². The Morgan fingerprint density at radius 2 is 1.85 bits per heavy atom. The number of carbonyl (C=O) groups excluding carboxylic acids is 1. The fourth-order valence-electron chi connectivity index (χ4n) is 2.34. The SMILES string of the molecule is COc1ccc(C(=O)OC(C)CN2CCCC2)cc1.Cl. The van der Waals surface area contributed by atoms with Crippen molar-refractivity contribution in [3.63, 3.8) is 0 Å². The van der Waals surface area contributed by atoms with Gasteiger partial charge in [-0.25, -0.2) is 4.79 Å². The molecule has 2 rings (SSSR count). The first-order valence-electron chi connectivity index (χ1n) is 6.76. The lowest BCUT2D eigenvalue weighted by Crippen LogP contribution is -2.31. The zero-order chi connectivity index (χ0) is 13.7. The summed E-state index contributed by atoms with van der Waals surface area (Å²) in [5, 5.41) is 0. The van der Waals surface area contributed by atoms with Gasteiger partial charge in [0.1, 0.15) is 11.9 Å². The Morgan fingerprint density at radius 1 is 1.25 bits per heavy atom. The molecule has 5 heteroatoms. The third-order valence-corrected chi connectivity index (χ3v) is 3.35. The number of methoxy groups -OCH3 is 1. The quantitative estimate of drug-likeness (QED) is 0.784. The average molecular weight is 300 g/mol. The molecule has 1 unspecified atom stereocenters. The van der Waals surface area contributed by atoms with E-state index >= 15 is 0 Å². The Kier molecular flexibility index (Phi) is 6.82. The molecule has 1 aliphatic rings.